The number of carbonyl (C=O) groups excluding carboxylic acids is 1. The van der Waals surface area contributed by atoms with Crippen molar-refractivity contribution in [2.24, 2.45) is 0 Å². The molecule has 0 radical (unpaired) electrons. The van der Waals surface area contributed by atoms with Crippen LogP contribution in [0.2, 0.25) is 0 Å². The van der Waals surface area contributed by atoms with Crippen LogP contribution in [0.4, 0.5) is 0 Å². The lowest BCUT2D eigenvalue weighted by molar-refractivity contribution is 0.0818. The number of hydrogen-bond acceptors (Lipinski definition) is 2. The Morgan fingerprint density at radius 1 is 1.29 bits per heavy atom. The van der Waals surface area contributed by atoms with Gasteiger partial charge in [-0.3, -0.25) is 4.79 Å². The van der Waals surface area contributed by atoms with Gasteiger partial charge in [-0.2, -0.15) is 0 Å². The Bertz CT molecular complexity index is 303. The third-order valence-electron chi connectivity index (χ3n) is 1.55. The molecule has 1 aromatic carbocycles. The van der Waals surface area contributed by atoms with Gasteiger partial charge in [0.25, 0.3) is 5.91 Å². The predicted octanol–water partition coefficient (Wildman–Crippen LogP) is 1.85. The standard InChI is InChI=1S/C9H9Br2NO2/c10-7(11)9(14)12-8(13)6-4-2-1-3-5-6/h1-5,7,9,14H,(H,12,13)/t9-/m0/s1. The fraction of sp³-hybridized carbons (Fsp3) is 0.222. The van der Waals surface area contributed by atoms with Gasteiger partial charge in [0.2, 0.25) is 0 Å². The van der Waals surface area contributed by atoms with Gasteiger partial charge < -0.3 is 10.4 Å². The maximum absolute atomic E-state index is 11.4. The van der Waals surface area contributed by atoms with Crippen molar-refractivity contribution in [2.75, 3.05) is 0 Å². The van der Waals surface area contributed by atoms with Crippen molar-refractivity contribution in [2.45, 2.75) is 9.96 Å². The molecule has 1 aromatic rings. The number of hydrogen-bond donors (Lipinski definition) is 2. The monoisotopic (exact) mass is 321 g/mol. The summed E-state index contributed by atoms with van der Waals surface area (Å²) < 4.78 is -0.359. The molecule has 0 bridgehead atoms. The lowest BCUT2D eigenvalue weighted by atomic mass is 10.2. The first-order chi connectivity index (χ1) is 6.61. The molecule has 3 nitrogen and oxygen atoms in total. The summed E-state index contributed by atoms with van der Waals surface area (Å²) in [5, 5.41) is 11.8. The summed E-state index contributed by atoms with van der Waals surface area (Å²) in [7, 11) is 0. The quantitative estimate of drug-likeness (QED) is 0.659. The van der Waals surface area contributed by atoms with E-state index in [1.54, 1.807) is 24.3 Å². The van der Waals surface area contributed by atoms with E-state index in [1.807, 2.05) is 6.07 Å². The first-order valence-corrected chi connectivity index (χ1v) is 5.76. The highest BCUT2D eigenvalue weighted by molar-refractivity contribution is 9.24. The van der Waals surface area contributed by atoms with Crippen LogP contribution in [0.15, 0.2) is 30.3 Å². The van der Waals surface area contributed by atoms with E-state index in [1.165, 1.54) is 0 Å². The smallest absolute Gasteiger partial charge is 0.253 e. The van der Waals surface area contributed by atoms with Crippen molar-refractivity contribution in [3.63, 3.8) is 0 Å². The maximum Gasteiger partial charge on any atom is 0.253 e. The lowest BCUT2D eigenvalue weighted by Crippen LogP contribution is -2.38. The van der Waals surface area contributed by atoms with Crippen LogP contribution in [-0.4, -0.2) is 21.0 Å². The van der Waals surface area contributed by atoms with Crippen molar-refractivity contribution in [1.29, 1.82) is 0 Å². The summed E-state index contributed by atoms with van der Waals surface area (Å²) in [6, 6.07) is 8.71. The number of halogens is 2. The van der Waals surface area contributed by atoms with Crippen LogP contribution >= 0.6 is 31.9 Å². The van der Waals surface area contributed by atoms with Crippen LogP contribution in [-0.2, 0) is 0 Å². The molecule has 2 N–H and O–H groups in total. The molecule has 14 heavy (non-hydrogen) atoms. The molecule has 0 heterocycles. The minimum Gasteiger partial charge on any atom is -0.372 e. The molecule has 0 aliphatic rings. The Labute approximate surface area is 98.8 Å². The highest BCUT2D eigenvalue weighted by atomic mass is 79.9. The molecule has 1 amide bonds. The molecule has 0 aliphatic heterocycles. The van der Waals surface area contributed by atoms with Crippen molar-refractivity contribution < 1.29 is 9.90 Å². The van der Waals surface area contributed by atoms with Crippen LogP contribution in [0.25, 0.3) is 0 Å². The van der Waals surface area contributed by atoms with E-state index in [2.05, 4.69) is 37.2 Å². The number of alkyl halides is 2. The molecule has 0 unspecified atom stereocenters. The summed E-state index contributed by atoms with van der Waals surface area (Å²) in [6.45, 7) is 0. The fourth-order valence-corrected chi connectivity index (χ4v) is 1.13. The molecule has 1 rings (SSSR count). The van der Waals surface area contributed by atoms with Crippen molar-refractivity contribution >= 4 is 37.8 Å². The van der Waals surface area contributed by atoms with Crippen LogP contribution < -0.4 is 5.32 Å². The molecule has 76 valence electrons. The van der Waals surface area contributed by atoms with Gasteiger partial charge in [0, 0.05) is 5.56 Å². The van der Waals surface area contributed by atoms with E-state index in [4.69, 9.17) is 0 Å². The summed E-state index contributed by atoms with van der Waals surface area (Å²) in [5.74, 6) is -0.304. The molecule has 5 heteroatoms. The van der Waals surface area contributed by atoms with E-state index in [-0.39, 0.29) is 9.64 Å². The van der Waals surface area contributed by atoms with Gasteiger partial charge >= 0.3 is 0 Å². The van der Waals surface area contributed by atoms with E-state index >= 15 is 0 Å². The second kappa shape index (κ2) is 5.48. The average molecular weight is 323 g/mol. The summed E-state index contributed by atoms with van der Waals surface area (Å²) in [6.07, 6.45) is -0.956. The van der Waals surface area contributed by atoms with Gasteiger partial charge in [0.15, 0.2) is 0 Å². The third-order valence-corrected chi connectivity index (χ3v) is 2.56. The van der Waals surface area contributed by atoms with Crippen molar-refractivity contribution in [3.8, 4) is 0 Å². The normalized spacial score (nSPS) is 12.6. The van der Waals surface area contributed by atoms with Gasteiger partial charge in [0.05, 0.1) is 0 Å². The van der Waals surface area contributed by atoms with Crippen molar-refractivity contribution in [3.05, 3.63) is 35.9 Å². The molecule has 0 aliphatic carbocycles. The number of amides is 1. The molecule has 1 atom stereocenters. The van der Waals surface area contributed by atoms with Gasteiger partial charge in [0.1, 0.15) is 9.96 Å². The number of aliphatic hydroxyl groups excluding tert-OH is 1. The second-order valence-corrected chi connectivity index (χ2v) is 5.82. The van der Waals surface area contributed by atoms with E-state index in [9.17, 15) is 9.90 Å². The van der Waals surface area contributed by atoms with Crippen LogP contribution in [0, 0.1) is 0 Å². The zero-order valence-electron chi connectivity index (χ0n) is 7.15. The second-order valence-electron chi connectivity index (χ2n) is 2.62. The van der Waals surface area contributed by atoms with Crippen LogP contribution in [0.3, 0.4) is 0 Å². The zero-order valence-corrected chi connectivity index (χ0v) is 10.3. The first kappa shape index (κ1) is 11.7. The first-order valence-electron chi connectivity index (χ1n) is 3.93. The van der Waals surface area contributed by atoms with Crippen molar-refractivity contribution in [1.82, 2.24) is 5.32 Å². The molecule has 0 fully saturated rings. The number of rotatable bonds is 3. The summed E-state index contributed by atoms with van der Waals surface area (Å²) in [4.78, 5) is 11.4. The molecule has 0 spiro atoms. The zero-order chi connectivity index (χ0) is 10.6. The van der Waals surface area contributed by atoms with E-state index < -0.39 is 6.23 Å². The van der Waals surface area contributed by atoms with Gasteiger partial charge in [-0.15, -0.1) is 0 Å². The van der Waals surface area contributed by atoms with Crippen LogP contribution in [0.1, 0.15) is 10.4 Å². The Kier molecular flexibility index (Phi) is 4.57. The highest BCUT2D eigenvalue weighted by Gasteiger charge is 2.15. The molecule has 0 saturated carbocycles. The number of aliphatic hydroxyl groups is 1. The summed E-state index contributed by atoms with van der Waals surface area (Å²) in [5.41, 5.74) is 0.521. The van der Waals surface area contributed by atoms with E-state index in [0.29, 0.717) is 5.56 Å². The molecule has 0 aromatic heterocycles. The Morgan fingerprint density at radius 3 is 2.36 bits per heavy atom. The minimum absolute atomic E-state index is 0.304. The topological polar surface area (TPSA) is 49.3 Å². The molecule has 0 saturated heterocycles. The molecular weight excluding hydrogens is 314 g/mol. The highest BCUT2D eigenvalue weighted by Crippen LogP contribution is 2.11. The Balaban J connectivity index is 2.60. The largest absolute Gasteiger partial charge is 0.372 e. The lowest BCUT2D eigenvalue weighted by Gasteiger charge is -2.13. The fourth-order valence-electron chi connectivity index (χ4n) is 0.870. The van der Waals surface area contributed by atoms with Crippen LogP contribution in [0.5, 0.6) is 0 Å². The minimum atomic E-state index is -0.956. The number of nitrogens with one attached hydrogen (secondary N) is 1. The predicted molar refractivity (Wildman–Crippen MR) is 61.6 cm³/mol. The SMILES string of the molecule is O=C(N[C@@H](O)C(Br)Br)c1ccccc1. The van der Waals surface area contributed by atoms with Gasteiger partial charge in [-0.05, 0) is 12.1 Å². The van der Waals surface area contributed by atoms with Gasteiger partial charge in [-0.1, -0.05) is 50.1 Å². The van der Waals surface area contributed by atoms with Gasteiger partial charge in [-0.25, -0.2) is 0 Å². The Morgan fingerprint density at radius 2 is 1.86 bits per heavy atom. The molecular formula is C9H9Br2NO2. The Hall–Kier alpha value is -0.390. The van der Waals surface area contributed by atoms with E-state index in [0.717, 1.165) is 0 Å². The third kappa shape index (κ3) is 3.40. The number of carbonyl (C=O) groups is 1. The average Bonchev–Trinajstić information content (AvgIpc) is 2.19. The summed E-state index contributed by atoms with van der Waals surface area (Å²) >= 11 is 6.19. The maximum atomic E-state index is 11.4. The number of benzene rings is 1.